The Kier molecular flexibility index (Phi) is 4.71. The first-order chi connectivity index (χ1) is 9.10. The summed E-state index contributed by atoms with van der Waals surface area (Å²) in [5.41, 5.74) is 7.05. The topological polar surface area (TPSA) is 35.2 Å². The SMILES string of the molecule is COc1ccc(CSc2ccc(N)cc2F)cc1Br. The minimum Gasteiger partial charge on any atom is -0.496 e. The van der Waals surface area contributed by atoms with Crippen molar-refractivity contribution in [1.29, 1.82) is 0 Å². The summed E-state index contributed by atoms with van der Waals surface area (Å²) in [6, 6.07) is 10.6. The molecule has 2 aromatic carbocycles. The van der Waals surface area contributed by atoms with E-state index in [0.29, 0.717) is 16.3 Å². The fourth-order valence-electron chi connectivity index (χ4n) is 1.59. The van der Waals surface area contributed by atoms with Gasteiger partial charge in [0.1, 0.15) is 11.6 Å². The molecule has 0 amide bonds. The molecule has 0 fully saturated rings. The maximum absolute atomic E-state index is 13.6. The lowest BCUT2D eigenvalue weighted by Crippen LogP contribution is -1.89. The van der Waals surface area contributed by atoms with Gasteiger partial charge in [-0.15, -0.1) is 11.8 Å². The number of hydrogen-bond donors (Lipinski definition) is 1. The minimum absolute atomic E-state index is 0.280. The normalized spacial score (nSPS) is 10.5. The van der Waals surface area contributed by atoms with E-state index in [1.54, 1.807) is 19.2 Å². The van der Waals surface area contributed by atoms with Gasteiger partial charge in [0.05, 0.1) is 11.6 Å². The van der Waals surface area contributed by atoms with Crippen LogP contribution in [0.15, 0.2) is 45.8 Å². The van der Waals surface area contributed by atoms with Crippen LogP contribution in [-0.2, 0) is 5.75 Å². The van der Waals surface area contributed by atoms with Gasteiger partial charge in [-0.25, -0.2) is 4.39 Å². The van der Waals surface area contributed by atoms with Crippen LogP contribution in [0, 0.1) is 5.82 Å². The Bertz CT molecular complexity index is 592. The van der Waals surface area contributed by atoms with Crippen LogP contribution in [0.4, 0.5) is 10.1 Å². The molecular formula is C14H13BrFNOS. The predicted molar refractivity (Wildman–Crippen MR) is 81.1 cm³/mol. The van der Waals surface area contributed by atoms with Gasteiger partial charge in [0.25, 0.3) is 0 Å². The van der Waals surface area contributed by atoms with Crippen LogP contribution in [-0.4, -0.2) is 7.11 Å². The average Bonchev–Trinajstić information content (AvgIpc) is 2.38. The Labute approximate surface area is 124 Å². The zero-order chi connectivity index (χ0) is 13.8. The number of ether oxygens (including phenoxy) is 1. The van der Waals surface area contributed by atoms with Crippen molar-refractivity contribution in [2.45, 2.75) is 10.6 Å². The van der Waals surface area contributed by atoms with Crippen molar-refractivity contribution in [3.63, 3.8) is 0 Å². The molecule has 19 heavy (non-hydrogen) atoms. The van der Waals surface area contributed by atoms with Crippen LogP contribution in [0.3, 0.4) is 0 Å². The van der Waals surface area contributed by atoms with E-state index in [-0.39, 0.29) is 5.82 Å². The molecule has 2 rings (SSSR count). The van der Waals surface area contributed by atoms with E-state index in [9.17, 15) is 4.39 Å². The zero-order valence-corrected chi connectivity index (χ0v) is 12.7. The second kappa shape index (κ2) is 6.30. The molecule has 2 aromatic rings. The van der Waals surface area contributed by atoms with E-state index in [0.717, 1.165) is 15.8 Å². The molecule has 2 N–H and O–H groups in total. The lowest BCUT2D eigenvalue weighted by molar-refractivity contribution is 0.412. The van der Waals surface area contributed by atoms with Gasteiger partial charge in [-0.05, 0) is 51.8 Å². The number of benzene rings is 2. The van der Waals surface area contributed by atoms with Crippen molar-refractivity contribution in [3.8, 4) is 5.75 Å². The van der Waals surface area contributed by atoms with Crippen molar-refractivity contribution in [2.75, 3.05) is 12.8 Å². The summed E-state index contributed by atoms with van der Waals surface area (Å²) >= 11 is 4.87. The summed E-state index contributed by atoms with van der Waals surface area (Å²) in [4.78, 5) is 0.598. The van der Waals surface area contributed by atoms with Crippen molar-refractivity contribution in [2.24, 2.45) is 0 Å². The molecule has 0 spiro atoms. The molecule has 0 heterocycles. The number of nitrogens with two attached hydrogens (primary N) is 1. The van der Waals surface area contributed by atoms with Gasteiger partial charge < -0.3 is 10.5 Å². The van der Waals surface area contributed by atoms with Crippen molar-refractivity contribution < 1.29 is 9.13 Å². The first-order valence-corrected chi connectivity index (χ1v) is 7.38. The summed E-state index contributed by atoms with van der Waals surface area (Å²) in [5, 5.41) is 0. The minimum atomic E-state index is -0.280. The van der Waals surface area contributed by atoms with Gasteiger partial charge in [-0.2, -0.15) is 0 Å². The Morgan fingerprint density at radius 3 is 2.68 bits per heavy atom. The largest absolute Gasteiger partial charge is 0.496 e. The molecule has 0 saturated heterocycles. The van der Waals surface area contributed by atoms with Gasteiger partial charge in [0, 0.05) is 16.3 Å². The quantitative estimate of drug-likeness (QED) is 0.658. The molecule has 0 saturated carbocycles. The number of thioether (sulfide) groups is 1. The third-order valence-electron chi connectivity index (χ3n) is 2.57. The number of hydrogen-bond acceptors (Lipinski definition) is 3. The molecule has 100 valence electrons. The Morgan fingerprint density at radius 2 is 2.05 bits per heavy atom. The highest BCUT2D eigenvalue weighted by molar-refractivity contribution is 9.10. The van der Waals surface area contributed by atoms with E-state index < -0.39 is 0 Å². The predicted octanol–water partition coefficient (Wildman–Crippen LogP) is 4.47. The van der Waals surface area contributed by atoms with Gasteiger partial charge in [0.2, 0.25) is 0 Å². The standard InChI is InChI=1S/C14H13BrFNOS/c1-18-13-4-2-9(6-11(13)15)8-19-14-5-3-10(17)7-12(14)16/h2-7H,8,17H2,1H3. The number of methoxy groups -OCH3 is 1. The second-order valence-corrected chi connectivity index (χ2v) is 5.82. The summed E-state index contributed by atoms with van der Waals surface area (Å²) in [5.74, 6) is 1.19. The van der Waals surface area contributed by atoms with Crippen LogP contribution in [0.2, 0.25) is 0 Å². The van der Waals surface area contributed by atoms with Crippen molar-refractivity contribution in [1.82, 2.24) is 0 Å². The molecule has 0 aliphatic rings. The second-order valence-electron chi connectivity index (χ2n) is 3.95. The molecule has 2 nitrogen and oxygen atoms in total. The third-order valence-corrected chi connectivity index (χ3v) is 4.31. The highest BCUT2D eigenvalue weighted by Crippen LogP contribution is 2.30. The fraction of sp³-hybridized carbons (Fsp3) is 0.143. The lowest BCUT2D eigenvalue weighted by atomic mass is 10.2. The average molecular weight is 342 g/mol. The maximum Gasteiger partial charge on any atom is 0.138 e. The van der Waals surface area contributed by atoms with Crippen LogP contribution < -0.4 is 10.5 Å². The first kappa shape index (κ1) is 14.2. The molecule has 0 radical (unpaired) electrons. The number of halogens is 2. The number of rotatable bonds is 4. The van der Waals surface area contributed by atoms with Gasteiger partial charge in [-0.3, -0.25) is 0 Å². The summed E-state index contributed by atoms with van der Waals surface area (Å²) in [6.07, 6.45) is 0. The molecule has 0 aliphatic heterocycles. The lowest BCUT2D eigenvalue weighted by Gasteiger charge is -2.07. The number of nitrogen functional groups attached to an aromatic ring is 1. The first-order valence-electron chi connectivity index (χ1n) is 5.60. The van der Waals surface area contributed by atoms with E-state index in [4.69, 9.17) is 10.5 Å². The molecule has 0 aliphatic carbocycles. The van der Waals surface area contributed by atoms with Crippen LogP contribution in [0.5, 0.6) is 5.75 Å². The Morgan fingerprint density at radius 1 is 1.26 bits per heavy atom. The Balaban J connectivity index is 2.08. The molecule has 0 atom stereocenters. The summed E-state index contributed by atoms with van der Waals surface area (Å²) < 4.78 is 19.7. The summed E-state index contributed by atoms with van der Waals surface area (Å²) in [7, 11) is 1.62. The van der Waals surface area contributed by atoms with Crippen LogP contribution in [0.25, 0.3) is 0 Å². The molecule has 5 heteroatoms. The summed E-state index contributed by atoms with van der Waals surface area (Å²) in [6.45, 7) is 0. The van der Waals surface area contributed by atoms with Gasteiger partial charge >= 0.3 is 0 Å². The molecule has 0 aromatic heterocycles. The van der Waals surface area contributed by atoms with E-state index in [1.807, 2.05) is 18.2 Å². The van der Waals surface area contributed by atoms with Crippen LogP contribution in [0.1, 0.15) is 5.56 Å². The van der Waals surface area contributed by atoms with E-state index in [2.05, 4.69) is 15.9 Å². The Hall–Kier alpha value is -1.20. The van der Waals surface area contributed by atoms with Crippen LogP contribution >= 0.6 is 27.7 Å². The molecule has 0 bridgehead atoms. The molecule has 0 unspecified atom stereocenters. The highest BCUT2D eigenvalue weighted by atomic mass is 79.9. The fourth-order valence-corrected chi connectivity index (χ4v) is 3.05. The van der Waals surface area contributed by atoms with E-state index >= 15 is 0 Å². The van der Waals surface area contributed by atoms with E-state index in [1.165, 1.54) is 17.8 Å². The highest BCUT2D eigenvalue weighted by Gasteiger charge is 2.05. The zero-order valence-electron chi connectivity index (χ0n) is 10.3. The molecular weight excluding hydrogens is 329 g/mol. The smallest absolute Gasteiger partial charge is 0.138 e. The van der Waals surface area contributed by atoms with Crippen molar-refractivity contribution >= 4 is 33.4 Å². The van der Waals surface area contributed by atoms with Gasteiger partial charge in [-0.1, -0.05) is 6.07 Å². The maximum atomic E-state index is 13.6. The van der Waals surface area contributed by atoms with Crippen molar-refractivity contribution in [3.05, 3.63) is 52.3 Å². The monoisotopic (exact) mass is 341 g/mol. The third kappa shape index (κ3) is 3.64. The number of anilines is 1. The van der Waals surface area contributed by atoms with Gasteiger partial charge in [0.15, 0.2) is 0 Å².